The standard InChI is InChI=1S/C20H18ClNO3S2/c1-2-20(11-9-13-15(20)5-3-6-16(13)21)19(23)22-27(24,25)18-8-4-7-17-14(18)10-12-26-17/h3-8,10,12H,2,9,11H2,1H3,(H,22,23). The van der Waals surface area contributed by atoms with E-state index in [1.165, 1.54) is 17.4 Å². The lowest BCUT2D eigenvalue weighted by Crippen LogP contribution is -2.45. The molecule has 3 aromatic rings. The highest BCUT2D eigenvalue weighted by atomic mass is 35.5. The lowest BCUT2D eigenvalue weighted by atomic mass is 9.79. The van der Waals surface area contributed by atoms with Crippen LogP contribution in [0, 0.1) is 0 Å². The number of carbonyl (C=O) groups is 1. The van der Waals surface area contributed by atoms with Crippen LogP contribution < -0.4 is 4.72 Å². The van der Waals surface area contributed by atoms with Crippen molar-refractivity contribution in [3.63, 3.8) is 0 Å². The molecule has 1 aliphatic carbocycles. The van der Waals surface area contributed by atoms with Gasteiger partial charge in [-0.25, -0.2) is 13.1 Å². The van der Waals surface area contributed by atoms with Crippen LogP contribution >= 0.6 is 22.9 Å². The number of rotatable bonds is 4. The minimum atomic E-state index is -3.98. The van der Waals surface area contributed by atoms with Crippen molar-refractivity contribution in [2.24, 2.45) is 0 Å². The molecular formula is C20H18ClNO3S2. The Morgan fingerprint density at radius 1 is 1.22 bits per heavy atom. The van der Waals surface area contributed by atoms with Gasteiger partial charge in [0.1, 0.15) is 0 Å². The van der Waals surface area contributed by atoms with Crippen LogP contribution in [-0.2, 0) is 26.7 Å². The molecule has 1 atom stereocenters. The lowest BCUT2D eigenvalue weighted by Gasteiger charge is -2.27. The molecule has 1 aromatic heterocycles. The number of halogens is 1. The first-order valence-electron chi connectivity index (χ1n) is 8.70. The summed E-state index contributed by atoms with van der Waals surface area (Å²) in [6.07, 6.45) is 1.72. The zero-order valence-corrected chi connectivity index (χ0v) is 17.0. The van der Waals surface area contributed by atoms with Crippen molar-refractivity contribution >= 4 is 49.0 Å². The number of nitrogens with one attached hydrogen (secondary N) is 1. The van der Waals surface area contributed by atoms with Crippen LogP contribution in [0.5, 0.6) is 0 Å². The predicted octanol–water partition coefficient (Wildman–Crippen LogP) is 4.65. The summed E-state index contributed by atoms with van der Waals surface area (Å²) in [5.41, 5.74) is 0.892. The third kappa shape index (κ3) is 2.87. The Hall–Kier alpha value is -1.89. The third-order valence-electron chi connectivity index (χ3n) is 5.45. The van der Waals surface area contributed by atoms with E-state index >= 15 is 0 Å². The van der Waals surface area contributed by atoms with Gasteiger partial charge in [0.2, 0.25) is 5.91 Å². The molecule has 0 aliphatic heterocycles. The SMILES string of the molecule is CCC1(C(=O)NS(=O)(=O)c2cccc3sccc23)CCc2c(Cl)cccc21. The molecule has 0 saturated carbocycles. The van der Waals surface area contributed by atoms with E-state index < -0.39 is 21.3 Å². The maximum atomic E-state index is 13.2. The summed E-state index contributed by atoms with van der Waals surface area (Å²) in [6, 6.07) is 12.3. The number of amides is 1. The number of hydrogen-bond donors (Lipinski definition) is 1. The molecule has 0 bridgehead atoms. The molecule has 4 rings (SSSR count). The first kappa shape index (κ1) is 18.5. The quantitative estimate of drug-likeness (QED) is 0.669. The molecule has 7 heteroatoms. The van der Waals surface area contributed by atoms with Gasteiger partial charge >= 0.3 is 0 Å². The van der Waals surface area contributed by atoms with Gasteiger partial charge in [-0.2, -0.15) is 0 Å². The molecule has 4 nitrogen and oxygen atoms in total. The molecule has 0 spiro atoms. The van der Waals surface area contributed by atoms with E-state index in [0.717, 1.165) is 15.8 Å². The average molecular weight is 420 g/mol. The highest BCUT2D eigenvalue weighted by Gasteiger charge is 2.45. The topological polar surface area (TPSA) is 63.2 Å². The van der Waals surface area contributed by atoms with Gasteiger partial charge in [0.05, 0.1) is 10.3 Å². The third-order valence-corrected chi connectivity index (χ3v) is 8.07. The zero-order valence-electron chi connectivity index (χ0n) is 14.7. The molecule has 2 aromatic carbocycles. The Bertz CT molecular complexity index is 1150. The van der Waals surface area contributed by atoms with Crippen molar-refractivity contribution in [2.75, 3.05) is 0 Å². The summed E-state index contributed by atoms with van der Waals surface area (Å²) in [4.78, 5) is 13.3. The summed E-state index contributed by atoms with van der Waals surface area (Å²) >= 11 is 7.76. The van der Waals surface area contributed by atoms with Gasteiger partial charge in [0, 0.05) is 15.1 Å². The Kier molecular flexibility index (Phi) is 4.53. The Morgan fingerprint density at radius 3 is 2.78 bits per heavy atom. The molecule has 0 saturated heterocycles. The fourth-order valence-corrected chi connectivity index (χ4v) is 6.39. The van der Waals surface area contributed by atoms with E-state index in [0.29, 0.717) is 29.7 Å². The highest BCUT2D eigenvalue weighted by molar-refractivity contribution is 7.90. The summed E-state index contributed by atoms with van der Waals surface area (Å²) in [5.74, 6) is -0.488. The van der Waals surface area contributed by atoms with Gasteiger partial charge in [0.15, 0.2) is 0 Å². The summed E-state index contributed by atoms with van der Waals surface area (Å²) < 4.78 is 29.2. The Labute approximate surface area is 167 Å². The first-order chi connectivity index (χ1) is 12.9. The normalized spacial score (nSPS) is 19.2. The molecule has 0 fully saturated rings. The Morgan fingerprint density at radius 2 is 2.00 bits per heavy atom. The highest BCUT2D eigenvalue weighted by Crippen LogP contribution is 2.44. The smallest absolute Gasteiger partial charge is 0.264 e. The molecule has 27 heavy (non-hydrogen) atoms. The average Bonchev–Trinajstić information content (AvgIpc) is 3.26. The summed E-state index contributed by atoms with van der Waals surface area (Å²) in [6.45, 7) is 1.90. The van der Waals surface area contributed by atoms with Crippen molar-refractivity contribution in [1.29, 1.82) is 0 Å². The molecule has 0 radical (unpaired) electrons. The number of benzene rings is 2. The van der Waals surface area contributed by atoms with E-state index in [9.17, 15) is 13.2 Å². The van der Waals surface area contributed by atoms with Gasteiger partial charge in [-0.3, -0.25) is 4.79 Å². The van der Waals surface area contributed by atoms with Gasteiger partial charge in [-0.15, -0.1) is 11.3 Å². The van der Waals surface area contributed by atoms with E-state index in [1.54, 1.807) is 18.2 Å². The van der Waals surface area contributed by atoms with Crippen molar-refractivity contribution in [3.8, 4) is 0 Å². The number of hydrogen-bond acceptors (Lipinski definition) is 4. The molecule has 1 aliphatic rings. The van der Waals surface area contributed by atoms with Crippen molar-refractivity contribution in [1.82, 2.24) is 4.72 Å². The fourth-order valence-electron chi connectivity index (χ4n) is 3.97. The van der Waals surface area contributed by atoms with Gasteiger partial charge in [0.25, 0.3) is 10.0 Å². The predicted molar refractivity (Wildman–Crippen MR) is 109 cm³/mol. The second-order valence-electron chi connectivity index (χ2n) is 6.72. The van der Waals surface area contributed by atoms with E-state index in [4.69, 9.17) is 11.6 Å². The van der Waals surface area contributed by atoms with Crippen LogP contribution in [0.15, 0.2) is 52.7 Å². The second kappa shape index (κ2) is 6.62. The van der Waals surface area contributed by atoms with Crippen LogP contribution in [-0.4, -0.2) is 14.3 Å². The van der Waals surface area contributed by atoms with Crippen LogP contribution in [0.1, 0.15) is 30.9 Å². The van der Waals surface area contributed by atoms with E-state index in [1.807, 2.05) is 30.5 Å². The van der Waals surface area contributed by atoms with Crippen molar-refractivity contribution < 1.29 is 13.2 Å². The first-order valence-corrected chi connectivity index (χ1v) is 11.4. The monoisotopic (exact) mass is 419 g/mol. The Balaban J connectivity index is 1.74. The maximum Gasteiger partial charge on any atom is 0.264 e. The van der Waals surface area contributed by atoms with Gasteiger partial charge in [-0.05, 0) is 60.0 Å². The zero-order chi connectivity index (χ0) is 19.2. The molecule has 140 valence electrons. The van der Waals surface area contributed by atoms with Crippen LogP contribution in [0.2, 0.25) is 5.02 Å². The number of thiophene rings is 1. The largest absolute Gasteiger partial charge is 0.273 e. The molecular weight excluding hydrogens is 402 g/mol. The molecule has 1 amide bonds. The van der Waals surface area contributed by atoms with Crippen LogP contribution in [0.25, 0.3) is 10.1 Å². The molecule has 1 unspecified atom stereocenters. The van der Waals surface area contributed by atoms with Crippen LogP contribution in [0.3, 0.4) is 0 Å². The second-order valence-corrected chi connectivity index (χ2v) is 9.73. The summed E-state index contributed by atoms with van der Waals surface area (Å²) in [7, 11) is -3.98. The number of sulfonamides is 1. The van der Waals surface area contributed by atoms with Crippen molar-refractivity contribution in [2.45, 2.75) is 36.5 Å². The molecule has 1 heterocycles. The minimum Gasteiger partial charge on any atom is -0.273 e. The van der Waals surface area contributed by atoms with Crippen LogP contribution in [0.4, 0.5) is 0 Å². The number of fused-ring (bicyclic) bond motifs is 2. The van der Waals surface area contributed by atoms with Gasteiger partial charge in [-0.1, -0.05) is 36.7 Å². The van der Waals surface area contributed by atoms with E-state index in [2.05, 4.69) is 4.72 Å². The maximum absolute atomic E-state index is 13.2. The number of carbonyl (C=O) groups excluding carboxylic acids is 1. The summed E-state index contributed by atoms with van der Waals surface area (Å²) in [5, 5.41) is 3.10. The fraction of sp³-hybridized carbons (Fsp3) is 0.250. The van der Waals surface area contributed by atoms with Crippen molar-refractivity contribution in [3.05, 3.63) is 64.0 Å². The van der Waals surface area contributed by atoms with Gasteiger partial charge < -0.3 is 0 Å². The van der Waals surface area contributed by atoms with E-state index in [-0.39, 0.29) is 4.90 Å². The lowest BCUT2D eigenvalue weighted by molar-refractivity contribution is -0.125. The molecule has 1 N–H and O–H groups in total. The minimum absolute atomic E-state index is 0.130.